The molecule has 0 spiro atoms. The van der Waals surface area contributed by atoms with E-state index in [2.05, 4.69) is 33.1 Å². The lowest BCUT2D eigenvalue weighted by atomic mass is 9.89. The number of carbonyl (C=O) groups is 5. The van der Waals surface area contributed by atoms with Crippen LogP contribution in [-0.4, -0.2) is 119 Å². The molecule has 314 valence electrons. The number of aliphatic hydroxyl groups is 1. The van der Waals surface area contributed by atoms with Gasteiger partial charge in [-0.25, -0.2) is 4.79 Å². The number of primary amides is 1. The summed E-state index contributed by atoms with van der Waals surface area (Å²) in [5.74, 6) is 4.04. The molecule has 1 aliphatic carbocycles. The topological polar surface area (TPSA) is 226 Å². The van der Waals surface area contributed by atoms with Gasteiger partial charge in [0.05, 0.1) is 65.5 Å². The van der Waals surface area contributed by atoms with Crippen LogP contribution in [0.15, 0.2) is 24.3 Å². The van der Waals surface area contributed by atoms with Gasteiger partial charge in [0.15, 0.2) is 5.78 Å². The summed E-state index contributed by atoms with van der Waals surface area (Å²) in [5.41, 5.74) is 6.35. The molecule has 16 nitrogen and oxygen atoms in total. The summed E-state index contributed by atoms with van der Waals surface area (Å²) in [6.07, 6.45) is 5.54. The van der Waals surface area contributed by atoms with Crippen LogP contribution in [0.3, 0.4) is 0 Å². The van der Waals surface area contributed by atoms with E-state index in [4.69, 9.17) is 29.4 Å². The number of hydrogen-bond donors (Lipinski definition) is 6. The molecule has 1 aliphatic rings. The van der Waals surface area contributed by atoms with Gasteiger partial charge in [-0.05, 0) is 55.7 Å². The number of nitrogens with one attached hydrogen (secondary N) is 4. The number of amides is 5. The second-order valence-electron chi connectivity index (χ2n) is 13.7. The van der Waals surface area contributed by atoms with Gasteiger partial charge in [0.25, 0.3) is 0 Å². The van der Waals surface area contributed by atoms with Crippen LogP contribution >= 0.6 is 0 Å². The number of nitrogens with two attached hydrogens (primary N) is 1. The van der Waals surface area contributed by atoms with Crippen LogP contribution in [0.25, 0.3) is 0 Å². The minimum atomic E-state index is -0.804. The van der Waals surface area contributed by atoms with Gasteiger partial charge in [-0.1, -0.05) is 38.3 Å². The van der Waals surface area contributed by atoms with Crippen LogP contribution in [-0.2, 0) is 49.5 Å². The van der Waals surface area contributed by atoms with Crippen molar-refractivity contribution in [2.45, 2.75) is 90.4 Å². The number of rotatable bonds is 30. The van der Waals surface area contributed by atoms with Crippen LogP contribution in [0.5, 0.6) is 0 Å². The number of benzene rings is 1. The number of ketones is 1. The molecular formula is C40H63N5O11. The summed E-state index contributed by atoms with van der Waals surface area (Å²) in [6.45, 7) is 6.71. The zero-order valence-electron chi connectivity index (χ0n) is 33.1. The SMILES string of the molecule is CC(C)[C@H](NC(=O)CCOCCOCCOCCOCCNC(=O)COC1C#CCCCCC1)C(=O)C[C@@H](CCCNC(N)=O)C(=O)Nc1ccc(CO)cc1. The minimum Gasteiger partial charge on any atom is -0.392 e. The van der Waals surface area contributed by atoms with Crippen molar-refractivity contribution in [3.63, 3.8) is 0 Å². The fourth-order valence-electron chi connectivity index (χ4n) is 5.58. The predicted molar refractivity (Wildman–Crippen MR) is 209 cm³/mol. The molecule has 1 aromatic carbocycles. The zero-order valence-corrected chi connectivity index (χ0v) is 33.1. The molecule has 0 fully saturated rings. The quantitative estimate of drug-likeness (QED) is 0.0490. The standard InChI is InChI=1S/C40H63N5O11/c1-30(2)38(35(47)27-32(9-8-17-43-40(41)51)39(50)44-33-14-12-31(28-46)13-15-33)45-36(48)16-19-52-21-23-54-25-26-55-24-22-53-20-18-42-37(49)29-56-34-10-6-4-3-5-7-11-34/h12-15,30,32,34,38,46H,3-6,8-10,16-29H2,1-2H3,(H,42,49)(H,44,50)(H,45,48)(H3,41,43,51)/t32-,34?,38+/m1/s1. The van der Waals surface area contributed by atoms with E-state index >= 15 is 0 Å². The molecule has 0 aromatic heterocycles. The third-order valence-electron chi connectivity index (χ3n) is 8.69. The van der Waals surface area contributed by atoms with Crippen molar-refractivity contribution in [1.29, 1.82) is 0 Å². The van der Waals surface area contributed by atoms with E-state index in [1.165, 1.54) is 0 Å². The number of urea groups is 1. The highest BCUT2D eigenvalue weighted by atomic mass is 16.6. The van der Waals surface area contributed by atoms with Gasteiger partial charge in [0.2, 0.25) is 17.7 Å². The fraction of sp³-hybridized carbons (Fsp3) is 0.675. The molecule has 5 amide bonds. The Bertz CT molecular complexity index is 1370. The Kier molecular flexibility index (Phi) is 25.8. The van der Waals surface area contributed by atoms with Crippen LogP contribution in [0.1, 0.15) is 77.2 Å². The van der Waals surface area contributed by atoms with E-state index in [9.17, 15) is 29.1 Å². The molecule has 3 atom stereocenters. The average molecular weight is 790 g/mol. The molecule has 0 aliphatic heterocycles. The highest BCUT2D eigenvalue weighted by Crippen LogP contribution is 2.19. The van der Waals surface area contributed by atoms with Gasteiger partial charge in [-0.15, -0.1) is 5.92 Å². The van der Waals surface area contributed by atoms with Crippen LogP contribution in [0.2, 0.25) is 0 Å². The van der Waals surface area contributed by atoms with Crippen molar-refractivity contribution in [2.75, 3.05) is 77.9 Å². The normalized spacial score (nSPS) is 15.0. The van der Waals surface area contributed by atoms with Crippen molar-refractivity contribution >= 4 is 35.2 Å². The highest BCUT2D eigenvalue weighted by molar-refractivity contribution is 5.97. The van der Waals surface area contributed by atoms with Gasteiger partial charge in [-0.2, -0.15) is 0 Å². The molecule has 1 aromatic rings. The number of Topliss-reactive ketones (excluding diaryl/α,β-unsaturated/α-hetero) is 1. The number of hydrogen-bond acceptors (Lipinski definition) is 11. The molecule has 1 unspecified atom stereocenters. The summed E-state index contributed by atoms with van der Waals surface area (Å²) in [6, 6.07) is 5.21. The molecule has 56 heavy (non-hydrogen) atoms. The summed E-state index contributed by atoms with van der Waals surface area (Å²) in [7, 11) is 0. The number of carbonyl (C=O) groups excluding carboxylic acids is 5. The van der Waals surface area contributed by atoms with Crippen LogP contribution < -0.4 is 27.0 Å². The number of aliphatic hydroxyl groups excluding tert-OH is 1. The smallest absolute Gasteiger partial charge is 0.312 e. The summed E-state index contributed by atoms with van der Waals surface area (Å²) >= 11 is 0. The Hall–Kier alpha value is -4.11. The summed E-state index contributed by atoms with van der Waals surface area (Å²) < 4.78 is 27.6. The van der Waals surface area contributed by atoms with Gasteiger partial charge in [-0.3, -0.25) is 19.2 Å². The van der Waals surface area contributed by atoms with Crippen LogP contribution in [0, 0.1) is 23.7 Å². The van der Waals surface area contributed by atoms with Crippen molar-refractivity contribution in [3.8, 4) is 11.8 Å². The van der Waals surface area contributed by atoms with E-state index in [1.54, 1.807) is 24.3 Å². The average Bonchev–Trinajstić information content (AvgIpc) is 3.16. The van der Waals surface area contributed by atoms with E-state index in [1.807, 2.05) is 13.8 Å². The first-order valence-corrected chi connectivity index (χ1v) is 19.6. The molecule has 0 heterocycles. The van der Waals surface area contributed by atoms with Gasteiger partial charge in [0.1, 0.15) is 12.7 Å². The largest absolute Gasteiger partial charge is 0.392 e. The molecule has 0 radical (unpaired) electrons. The number of anilines is 1. The van der Waals surface area contributed by atoms with Crippen molar-refractivity contribution < 1.29 is 52.8 Å². The lowest BCUT2D eigenvalue weighted by Crippen LogP contribution is -2.45. The summed E-state index contributed by atoms with van der Waals surface area (Å²) in [4.78, 5) is 62.4. The first kappa shape index (κ1) is 48.0. The second kappa shape index (κ2) is 30.1. The lowest BCUT2D eigenvalue weighted by Gasteiger charge is -2.24. The Balaban J connectivity index is 1.55. The zero-order chi connectivity index (χ0) is 40.8. The first-order valence-electron chi connectivity index (χ1n) is 19.6. The minimum absolute atomic E-state index is 0.0117. The monoisotopic (exact) mass is 789 g/mol. The molecule has 7 N–H and O–H groups in total. The maximum Gasteiger partial charge on any atom is 0.312 e. The Labute approximate surface area is 331 Å². The van der Waals surface area contributed by atoms with Crippen molar-refractivity contribution in [3.05, 3.63) is 29.8 Å². The Morgan fingerprint density at radius 1 is 0.839 bits per heavy atom. The van der Waals surface area contributed by atoms with Gasteiger partial charge in [0, 0.05) is 44.0 Å². The van der Waals surface area contributed by atoms with Gasteiger partial charge < -0.3 is 55.8 Å². The third-order valence-corrected chi connectivity index (χ3v) is 8.69. The molecule has 0 saturated heterocycles. The lowest BCUT2D eigenvalue weighted by molar-refractivity contribution is -0.131. The molecule has 0 bridgehead atoms. The summed E-state index contributed by atoms with van der Waals surface area (Å²) in [5, 5.41) is 20.1. The maximum absolute atomic E-state index is 13.4. The van der Waals surface area contributed by atoms with E-state index in [0.717, 1.165) is 32.1 Å². The highest BCUT2D eigenvalue weighted by Gasteiger charge is 2.29. The van der Waals surface area contributed by atoms with E-state index < -0.39 is 18.0 Å². The molecule has 2 rings (SSSR count). The molecular weight excluding hydrogens is 726 g/mol. The van der Waals surface area contributed by atoms with Crippen molar-refractivity contribution in [1.82, 2.24) is 16.0 Å². The van der Waals surface area contributed by atoms with E-state index in [-0.39, 0.29) is 81.3 Å². The second-order valence-corrected chi connectivity index (χ2v) is 13.7. The first-order chi connectivity index (χ1) is 27.1. The fourth-order valence-corrected chi connectivity index (χ4v) is 5.58. The van der Waals surface area contributed by atoms with Crippen molar-refractivity contribution in [2.24, 2.45) is 17.6 Å². The molecule has 0 saturated carbocycles. The third kappa shape index (κ3) is 23.1. The maximum atomic E-state index is 13.4. The predicted octanol–water partition coefficient (Wildman–Crippen LogP) is 2.21. The Morgan fingerprint density at radius 3 is 2.14 bits per heavy atom. The molecule has 16 heteroatoms. The van der Waals surface area contributed by atoms with Gasteiger partial charge >= 0.3 is 6.03 Å². The van der Waals surface area contributed by atoms with E-state index in [0.29, 0.717) is 70.3 Å². The van der Waals surface area contributed by atoms with Crippen LogP contribution in [0.4, 0.5) is 10.5 Å². The Morgan fingerprint density at radius 2 is 1.50 bits per heavy atom. The number of ether oxygens (including phenoxy) is 5.